The maximum absolute atomic E-state index is 13.5. The first-order valence-electron chi connectivity index (χ1n) is 9.46. The van der Waals surface area contributed by atoms with Gasteiger partial charge >= 0.3 is 0 Å². The maximum Gasteiger partial charge on any atom is 0.252 e. The molecule has 0 bridgehead atoms. The quantitative estimate of drug-likeness (QED) is 0.532. The van der Waals surface area contributed by atoms with Crippen LogP contribution in [0.15, 0.2) is 84.0 Å². The summed E-state index contributed by atoms with van der Waals surface area (Å²) in [5.41, 5.74) is 0.951. The van der Waals surface area contributed by atoms with Gasteiger partial charge in [0.05, 0.1) is 17.0 Å². The van der Waals surface area contributed by atoms with Crippen molar-refractivity contribution in [3.63, 3.8) is 0 Å². The van der Waals surface area contributed by atoms with Crippen molar-refractivity contribution in [3.05, 3.63) is 89.7 Å². The molecule has 7 nitrogen and oxygen atoms in total. The molecule has 31 heavy (non-hydrogen) atoms. The van der Waals surface area contributed by atoms with Crippen LogP contribution < -0.4 is 4.90 Å². The fourth-order valence-corrected chi connectivity index (χ4v) is 5.18. The van der Waals surface area contributed by atoms with Gasteiger partial charge in [0.1, 0.15) is 6.04 Å². The van der Waals surface area contributed by atoms with Crippen molar-refractivity contribution >= 4 is 39.1 Å². The third kappa shape index (κ3) is 4.23. The number of carbonyl (C=O) groups is 2. The zero-order valence-electron chi connectivity index (χ0n) is 16.3. The lowest BCUT2D eigenvalue weighted by molar-refractivity contribution is -0.122. The van der Waals surface area contributed by atoms with Crippen LogP contribution in [0.2, 0.25) is 5.02 Å². The number of halogens is 1. The number of aromatic nitrogens is 1. The molecule has 158 valence electrons. The molecule has 1 aromatic heterocycles. The molecule has 1 saturated heterocycles. The summed E-state index contributed by atoms with van der Waals surface area (Å²) in [7, 11) is -4.07. The Morgan fingerprint density at radius 2 is 1.71 bits per heavy atom. The number of amides is 2. The van der Waals surface area contributed by atoms with E-state index in [0.29, 0.717) is 16.3 Å². The fourth-order valence-electron chi connectivity index (χ4n) is 3.46. The summed E-state index contributed by atoms with van der Waals surface area (Å²) < 4.78 is 28.0. The third-order valence-electron chi connectivity index (χ3n) is 4.97. The first kappa shape index (κ1) is 21.2. The molecule has 0 saturated carbocycles. The summed E-state index contributed by atoms with van der Waals surface area (Å²) in [6.07, 6.45) is 2.85. The van der Waals surface area contributed by atoms with Crippen molar-refractivity contribution in [1.82, 2.24) is 9.29 Å². The van der Waals surface area contributed by atoms with Gasteiger partial charge in [-0.25, -0.2) is 13.3 Å². The molecule has 9 heteroatoms. The van der Waals surface area contributed by atoms with Gasteiger partial charge < -0.3 is 0 Å². The molecular formula is C22H18ClN3O4S. The van der Waals surface area contributed by atoms with Gasteiger partial charge in [-0.1, -0.05) is 35.9 Å². The normalized spacial score (nSPS) is 16.8. The summed E-state index contributed by atoms with van der Waals surface area (Å²) in [6, 6.07) is 16.3. The molecule has 1 aliphatic rings. The molecular weight excluding hydrogens is 438 g/mol. The number of sulfonamides is 1. The molecule has 0 aliphatic carbocycles. The number of imide groups is 1. The molecule has 4 rings (SSSR count). The topological polar surface area (TPSA) is 87.6 Å². The molecule has 1 aliphatic heterocycles. The van der Waals surface area contributed by atoms with Crippen LogP contribution in [0.1, 0.15) is 12.0 Å². The number of nitrogens with zero attached hydrogens (tertiary/aromatic N) is 3. The first-order chi connectivity index (χ1) is 14.9. The van der Waals surface area contributed by atoms with Crippen LogP contribution in [0.3, 0.4) is 0 Å². The molecule has 0 N–H and O–H groups in total. The lowest BCUT2D eigenvalue weighted by atomic mass is 10.2. The van der Waals surface area contributed by atoms with Crippen LogP contribution in [-0.4, -0.2) is 35.6 Å². The minimum Gasteiger partial charge on any atom is -0.274 e. The molecule has 0 spiro atoms. The first-order valence-corrected chi connectivity index (χ1v) is 11.3. The van der Waals surface area contributed by atoms with Crippen LogP contribution in [0.5, 0.6) is 0 Å². The van der Waals surface area contributed by atoms with E-state index in [9.17, 15) is 18.0 Å². The van der Waals surface area contributed by atoms with Gasteiger partial charge in [-0.2, -0.15) is 4.31 Å². The highest BCUT2D eigenvalue weighted by molar-refractivity contribution is 7.89. The molecule has 1 fully saturated rings. The van der Waals surface area contributed by atoms with Gasteiger partial charge in [-0.3, -0.25) is 14.6 Å². The average molecular weight is 456 g/mol. The molecule has 2 aromatic carbocycles. The largest absolute Gasteiger partial charge is 0.274 e. The molecule has 0 radical (unpaired) electrons. The Morgan fingerprint density at radius 1 is 1.00 bits per heavy atom. The van der Waals surface area contributed by atoms with Gasteiger partial charge in [0.15, 0.2) is 0 Å². The number of benzene rings is 2. The zero-order chi connectivity index (χ0) is 22.0. The Hall–Kier alpha value is -3.07. The highest BCUT2D eigenvalue weighted by atomic mass is 35.5. The van der Waals surface area contributed by atoms with Crippen molar-refractivity contribution in [3.8, 4) is 0 Å². The van der Waals surface area contributed by atoms with Gasteiger partial charge in [0.2, 0.25) is 15.9 Å². The lowest BCUT2D eigenvalue weighted by Gasteiger charge is -2.27. The van der Waals surface area contributed by atoms with Gasteiger partial charge in [0.25, 0.3) is 5.91 Å². The van der Waals surface area contributed by atoms with Crippen molar-refractivity contribution in [2.24, 2.45) is 0 Å². The standard InChI is InChI=1S/C22H18ClN3O4S/c23-17-8-10-18(11-9-17)26-21(27)13-20(22(26)28)25(15-16-5-4-12-24-14-16)31(29,30)19-6-2-1-3-7-19/h1-12,14,20H,13,15H2. The third-order valence-corrected chi connectivity index (χ3v) is 7.09. The predicted octanol–water partition coefficient (Wildman–Crippen LogP) is 3.26. The summed E-state index contributed by atoms with van der Waals surface area (Å²) in [4.78, 5) is 31.1. The summed E-state index contributed by atoms with van der Waals surface area (Å²) in [5, 5.41) is 0.462. The zero-order valence-corrected chi connectivity index (χ0v) is 17.8. The second-order valence-corrected chi connectivity index (χ2v) is 9.32. The molecule has 2 amide bonds. The SMILES string of the molecule is O=C1CC(N(Cc2cccnc2)S(=O)(=O)c2ccccc2)C(=O)N1c1ccc(Cl)cc1. The smallest absolute Gasteiger partial charge is 0.252 e. The van der Waals surface area contributed by atoms with Gasteiger partial charge in [-0.15, -0.1) is 0 Å². The average Bonchev–Trinajstić information content (AvgIpc) is 3.07. The number of carbonyl (C=O) groups excluding carboxylic acids is 2. The number of anilines is 1. The van der Waals surface area contributed by atoms with Crippen LogP contribution in [0.25, 0.3) is 0 Å². The van der Waals surface area contributed by atoms with Crippen LogP contribution in [0.4, 0.5) is 5.69 Å². The Morgan fingerprint density at radius 3 is 2.35 bits per heavy atom. The number of hydrogen-bond donors (Lipinski definition) is 0. The second-order valence-electron chi connectivity index (χ2n) is 6.99. The molecule has 2 heterocycles. The van der Waals surface area contributed by atoms with E-state index in [4.69, 9.17) is 11.6 Å². The van der Waals surface area contributed by atoms with Crippen LogP contribution >= 0.6 is 11.6 Å². The maximum atomic E-state index is 13.5. The summed E-state index contributed by atoms with van der Waals surface area (Å²) in [6.45, 7) is -0.0940. The van der Waals surface area contributed by atoms with Gasteiger partial charge in [-0.05, 0) is 48.0 Å². The predicted molar refractivity (Wildman–Crippen MR) is 116 cm³/mol. The highest BCUT2D eigenvalue weighted by Crippen LogP contribution is 2.31. The minimum atomic E-state index is -4.07. The van der Waals surface area contributed by atoms with Crippen LogP contribution in [-0.2, 0) is 26.2 Å². The lowest BCUT2D eigenvalue weighted by Crippen LogP contribution is -2.45. The van der Waals surface area contributed by atoms with E-state index >= 15 is 0 Å². The Balaban J connectivity index is 1.74. The van der Waals surface area contributed by atoms with E-state index in [1.54, 1.807) is 60.8 Å². The minimum absolute atomic E-state index is 0.0454. The fraction of sp³-hybridized carbons (Fsp3) is 0.136. The summed E-state index contributed by atoms with van der Waals surface area (Å²) in [5.74, 6) is -1.08. The summed E-state index contributed by atoms with van der Waals surface area (Å²) >= 11 is 5.91. The van der Waals surface area contributed by atoms with Crippen LogP contribution in [0, 0.1) is 0 Å². The number of hydrogen-bond acceptors (Lipinski definition) is 5. The Labute approximate surface area is 184 Å². The number of pyridine rings is 1. The molecule has 1 unspecified atom stereocenters. The second kappa shape index (κ2) is 8.58. The van der Waals surface area contributed by atoms with Crippen molar-refractivity contribution in [2.45, 2.75) is 23.9 Å². The van der Waals surface area contributed by atoms with E-state index in [2.05, 4.69) is 4.98 Å². The van der Waals surface area contributed by atoms with E-state index in [1.807, 2.05) is 0 Å². The van der Waals surface area contributed by atoms with E-state index < -0.39 is 27.9 Å². The van der Waals surface area contributed by atoms with Crippen molar-refractivity contribution in [2.75, 3.05) is 4.90 Å². The Bertz CT molecular complexity index is 1200. The number of rotatable bonds is 6. The monoisotopic (exact) mass is 455 g/mol. The van der Waals surface area contributed by atoms with Gasteiger partial charge in [0, 0.05) is 24.0 Å². The van der Waals surface area contributed by atoms with E-state index in [-0.39, 0.29) is 17.9 Å². The van der Waals surface area contributed by atoms with E-state index in [1.165, 1.54) is 18.3 Å². The van der Waals surface area contributed by atoms with Crippen molar-refractivity contribution in [1.29, 1.82) is 0 Å². The molecule has 1 atom stereocenters. The highest BCUT2D eigenvalue weighted by Gasteiger charge is 2.46. The van der Waals surface area contributed by atoms with Crippen molar-refractivity contribution < 1.29 is 18.0 Å². The Kier molecular flexibility index (Phi) is 5.86. The molecule has 3 aromatic rings. The van der Waals surface area contributed by atoms with E-state index in [0.717, 1.165) is 9.21 Å².